The second-order valence-corrected chi connectivity index (χ2v) is 8.71. The molecule has 3 amide bonds. The van der Waals surface area contributed by atoms with E-state index in [0.717, 1.165) is 54.0 Å². The van der Waals surface area contributed by atoms with E-state index in [0.29, 0.717) is 16.9 Å². The average Bonchev–Trinajstić information content (AvgIpc) is 3.27. The van der Waals surface area contributed by atoms with Crippen molar-refractivity contribution in [3.8, 4) is 0 Å². The maximum atomic E-state index is 12.8. The van der Waals surface area contributed by atoms with E-state index in [1.165, 1.54) is 0 Å². The van der Waals surface area contributed by atoms with Crippen LogP contribution in [0.2, 0.25) is 0 Å². The lowest BCUT2D eigenvalue weighted by Gasteiger charge is -2.22. The van der Waals surface area contributed by atoms with Crippen LogP contribution >= 0.6 is 0 Å². The minimum absolute atomic E-state index is 0.182. The molecular weight excluding hydrogens is 412 g/mol. The van der Waals surface area contributed by atoms with Crippen molar-refractivity contribution in [3.63, 3.8) is 0 Å². The molecule has 0 atom stereocenters. The minimum Gasteiger partial charge on any atom is -0.370 e. The number of nitrogens with one attached hydrogen (secondary N) is 3. The lowest BCUT2D eigenvalue weighted by atomic mass is 10.1. The summed E-state index contributed by atoms with van der Waals surface area (Å²) in [5.41, 5.74) is 6.80. The highest BCUT2D eigenvalue weighted by atomic mass is 16.2. The number of rotatable bonds is 5. The van der Waals surface area contributed by atoms with E-state index in [1.54, 1.807) is 6.07 Å². The Kier molecular flexibility index (Phi) is 6.63. The monoisotopic (exact) mass is 442 g/mol. The van der Waals surface area contributed by atoms with Crippen LogP contribution in [-0.4, -0.2) is 25.0 Å². The standard InChI is InChI=1S/C27H30N4O2/c1-18-7-6-8-21(14-18)26(32)28-22-9-10-25(31-11-4-5-12-31)24(17-22)30-27(33)29-23-15-19(2)13-20(3)16-23/h6-10,13-17H,4-5,11-12H2,1-3H3,(H,28,32)(H2,29,30,33). The van der Waals surface area contributed by atoms with Gasteiger partial charge in [0.15, 0.2) is 0 Å². The summed E-state index contributed by atoms with van der Waals surface area (Å²) < 4.78 is 0. The summed E-state index contributed by atoms with van der Waals surface area (Å²) in [5, 5.41) is 8.87. The molecule has 0 spiro atoms. The highest BCUT2D eigenvalue weighted by Gasteiger charge is 2.18. The van der Waals surface area contributed by atoms with Crippen LogP contribution in [0.3, 0.4) is 0 Å². The number of carbonyl (C=O) groups is 2. The van der Waals surface area contributed by atoms with Crippen molar-refractivity contribution in [1.29, 1.82) is 0 Å². The second-order valence-electron chi connectivity index (χ2n) is 8.71. The fourth-order valence-electron chi connectivity index (χ4n) is 4.27. The zero-order chi connectivity index (χ0) is 23.4. The zero-order valence-corrected chi connectivity index (χ0v) is 19.4. The topological polar surface area (TPSA) is 73.5 Å². The number of amides is 3. The number of hydrogen-bond acceptors (Lipinski definition) is 3. The van der Waals surface area contributed by atoms with Gasteiger partial charge in [-0.3, -0.25) is 4.79 Å². The Labute approximate surface area is 195 Å². The fourth-order valence-corrected chi connectivity index (χ4v) is 4.27. The molecule has 1 heterocycles. The van der Waals surface area contributed by atoms with Gasteiger partial charge in [0, 0.05) is 30.0 Å². The maximum absolute atomic E-state index is 12.8. The van der Waals surface area contributed by atoms with Gasteiger partial charge < -0.3 is 20.9 Å². The van der Waals surface area contributed by atoms with Crippen molar-refractivity contribution >= 4 is 34.7 Å². The van der Waals surface area contributed by atoms with Gasteiger partial charge in [0.25, 0.3) is 5.91 Å². The molecule has 1 aliphatic heterocycles. The molecule has 0 aliphatic carbocycles. The Bertz CT molecular complexity index is 1160. The summed E-state index contributed by atoms with van der Waals surface area (Å²) in [5.74, 6) is -0.182. The Morgan fingerprint density at radius 2 is 1.45 bits per heavy atom. The van der Waals surface area contributed by atoms with Gasteiger partial charge in [-0.2, -0.15) is 0 Å². The molecule has 1 saturated heterocycles. The lowest BCUT2D eigenvalue weighted by molar-refractivity contribution is 0.102. The molecule has 4 rings (SSSR count). The maximum Gasteiger partial charge on any atom is 0.323 e. The second kappa shape index (κ2) is 9.77. The summed E-state index contributed by atoms with van der Waals surface area (Å²) in [6, 6.07) is 18.8. The number of aryl methyl sites for hydroxylation is 3. The Morgan fingerprint density at radius 1 is 0.727 bits per heavy atom. The first-order valence-electron chi connectivity index (χ1n) is 11.3. The van der Waals surface area contributed by atoms with E-state index >= 15 is 0 Å². The van der Waals surface area contributed by atoms with E-state index in [1.807, 2.05) is 69.3 Å². The number of anilines is 4. The van der Waals surface area contributed by atoms with Gasteiger partial charge in [-0.15, -0.1) is 0 Å². The van der Waals surface area contributed by atoms with Crippen molar-refractivity contribution in [2.45, 2.75) is 33.6 Å². The fraction of sp³-hybridized carbons (Fsp3) is 0.259. The molecule has 33 heavy (non-hydrogen) atoms. The minimum atomic E-state index is -0.317. The van der Waals surface area contributed by atoms with E-state index in [9.17, 15) is 9.59 Å². The summed E-state index contributed by atoms with van der Waals surface area (Å²) >= 11 is 0. The Hall–Kier alpha value is -3.80. The molecule has 0 saturated carbocycles. The van der Waals surface area contributed by atoms with Gasteiger partial charge in [-0.05, 0) is 87.2 Å². The summed E-state index contributed by atoms with van der Waals surface area (Å²) in [6.45, 7) is 7.85. The van der Waals surface area contributed by atoms with Crippen molar-refractivity contribution in [1.82, 2.24) is 0 Å². The van der Waals surface area contributed by atoms with E-state index in [-0.39, 0.29) is 11.9 Å². The number of carbonyl (C=O) groups excluding carboxylic acids is 2. The van der Waals surface area contributed by atoms with Crippen molar-refractivity contribution in [2.24, 2.45) is 0 Å². The first-order valence-corrected chi connectivity index (χ1v) is 11.3. The van der Waals surface area contributed by atoms with Gasteiger partial charge in [-0.25, -0.2) is 4.79 Å². The molecule has 1 fully saturated rings. The van der Waals surface area contributed by atoms with E-state index in [4.69, 9.17) is 0 Å². The van der Waals surface area contributed by atoms with Crippen molar-refractivity contribution < 1.29 is 9.59 Å². The quantitative estimate of drug-likeness (QED) is 0.446. The van der Waals surface area contributed by atoms with Crippen LogP contribution in [0.1, 0.15) is 39.9 Å². The predicted molar refractivity (Wildman–Crippen MR) is 136 cm³/mol. The SMILES string of the molecule is Cc1cc(C)cc(NC(=O)Nc2cc(NC(=O)c3cccc(C)c3)ccc2N2CCCC2)c1. The third-order valence-corrected chi connectivity index (χ3v) is 5.71. The number of urea groups is 1. The third kappa shape index (κ3) is 5.71. The van der Waals surface area contributed by atoms with Gasteiger partial charge in [-0.1, -0.05) is 23.8 Å². The molecule has 3 aromatic rings. The van der Waals surface area contributed by atoms with Crippen LogP contribution in [-0.2, 0) is 0 Å². The Morgan fingerprint density at radius 3 is 2.15 bits per heavy atom. The summed E-state index contributed by atoms with van der Waals surface area (Å²) in [6.07, 6.45) is 2.25. The normalized spacial score (nSPS) is 13.0. The summed E-state index contributed by atoms with van der Waals surface area (Å²) in [7, 11) is 0. The smallest absolute Gasteiger partial charge is 0.323 e. The van der Waals surface area contributed by atoms with Crippen LogP contribution < -0.4 is 20.9 Å². The summed E-state index contributed by atoms with van der Waals surface area (Å²) in [4.78, 5) is 27.8. The molecular formula is C27H30N4O2. The number of benzene rings is 3. The molecule has 6 heteroatoms. The molecule has 0 radical (unpaired) electrons. The number of nitrogens with zero attached hydrogens (tertiary/aromatic N) is 1. The highest BCUT2D eigenvalue weighted by molar-refractivity contribution is 6.06. The van der Waals surface area contributed by atoms with Crippen molar-refractivity contribution in [2.75, 3.05) is 33.9 Å². The Balaban J connectivity index is 1.56. The zero-order valence-electron chi connectivity index (χ0n) is 19.4. The van der Waals surface area contributed by atoms with Gasteiger partial charge in [0.1, 0.15) is 0 Å². The molecule has 0 bridgehead atoms. The third-order valence-electron chi connectivity index (χ3n) is 5.71. The highest BCUT2D eigenvalue weighted by Crippen LogP contribution is 2.32. The molecule has 170 valence electrons. The predicted octanol–water partition coefficient (Wildman–Crippen LogP) is 6.11. The molecule has 3 aromatic carbocycles. The van der Waals surface area contributed by atoms with Crippen LogP contribution in [0, 0.1) is 20.8 Å². The molecule has 0 unspecified atom stereocenters. The first kappa shape index (κ1) is 22.4. The first-order chi connectivity index (χ1) is 15.9. The van der Waals surface area contributed by atoms with Crippen LogP contribution in [0.15, 0.2) is 60.7 Å². The van der Waals surface area contributed by atoms with Gasteiger partial charge in [0.05, 0.1) is 11.4 Å². The van der Waals surface area contributed by atoms with Gasteiger partial charge in [0.2, 0.25) is 0 Å². The average molecular weight is 443 g/mol. The largest absolute Gasteiger partial charge is 0.370 e. The van der Waals surface area contributed by atoms with Crippen molar-refractivity contribution in [3.05, 3.63) is 82.9 Å². The lowest BCUT2D eigenvalue weighted by Crippen LogP contribution is -2.24. The number of hydrogen-bond donors (Lipinski definition) is 3. The van der Waals surface area contributed by atoms with Crippen LogP contribution in [0.5, 0.6) is 0 Å². The van der Waals surface area contributed by atoms with Gasteiger partial charge >= 0.3 is 6.03 Å². The van der Waals surface area contributed by atoms with Crippen LogP contribution in [0.25, 0.3) is 0 Å². The van der Waals surface area contributed by atoms with Crippen LogP contribution in [0.4, 0.5) is 27.5 Å². The van der Waals surface area contributed by atoms with E-state index < -0.39 is 0 Å². The molecule has 1 aliphatic rings. The molecule has 3 N–H and O–H groups in total. The molecule has 6 nitrogen and oxygen atoms in total. The van der Waals surface area contributed by atoms with E-state index in [2.05, 4.69) is 26.9 Å². The molecule has 0 aromatic heterocycles.